The highest BCUT2D eigenvalue weighted by Gasteiger charge is 2.12. The van der Waals surface area contributed by atoms with Gasteiger partial charge >= 0.3 is 0 Å². The molecule has 2 aromatic carbocycles. The molecule has 1 heterocycles. The number of carbonyl (C=O) groups excluding carboxylic acids is 2. The van der Waals surface area contributed by atoms with Crippen molar-refractivity contribution in [2.75, 3.05) is 10.6 Å². The molecule has 0 aliphatic rings. The molecule has 0 atom stereocenters. The molecule has 0 aliphatic carbocycles. The Morgan fingerprint density at radius 1 is 0.808 bits per heavy atom. The lowest BCUT2D eigenvalue weighted by Crippen LogP contribution is -2.16. The van der Waals surface area contributed by atoms with Crippen molar-refractivity contribution in [1.82, 2.24) is 4.98 Å². The minimum absolute atomic E-state index is 0.309. The van der Waals surface area contributed by atoms with Crippen LogP contribution in [0, 0.1) is 13.8 Å². The smallest absolute Gasteiger partial charge is 0.257 e. The van der Waals surface area contributed by atoms with Crippen molar-refractivity contribution in [2.24, 2.45) is 0 Å². The summed E-state index contributed by atoms with van der Waals surface area (Å²) in [7, 11) is 0. The molecular weight excluding hydrogens is 326 g/mol. The summed E-state index contributed by atoms with van der Waals surface area (Å²) in [5.74, 6) is -0.622. The van der Waals surface area contributed by atoms with Crippen LogP contribution in [0.25, 0.3) is 0 Å². The van der Waals surface area contributed by atoms with Gasteiger partial charge in [0.2, 0.25) is 0 Å². The Balaban J connectivity index is 1.75. The monoisotopic (exact) mass is 345 g/mol. The van der Waals surface area contributed by atoms with Gasteiger partial charge in [-0.25, -0.2) is 0 Å². The Morgan fingerprint density at radius 3 is 2.08 bits per heavy atom. The van der Waals surface area contributed by atoms with E-state index < -0.39 is 0 Å². The third-order valence-electron chi connectivity index (χ3n) is 3.97. The quantitative estimate of drug-likeness (QED) is 0.744. The number of rotatable bonds is 4. The predicted octanol–water partition coefficient (Wildman–Crippen LogP) is 4.20. The van der Waals surface area contributed by atoms with Crippen molar-refractivity contribution in [3.8, 4) is 0 Å². The third kappa shape index (κ3) is 4.13. The number of aromatic nitrogens is 1. The lowest BCUT2D eigenvalue weighted by molar-refractivity contribution is 0.102. The van der Waals surface area contributed by atoms with Gasteiger partial charge < -0.3 is 10.6 Å². The van der Waals surface area contributed by atoms with E-state index in [1.165, 1.54) is 18.5 Å². The van der Waals surface area contributed by atoms with Gasteiger partial charge in [-0.3, -0.25) is 14.6 Å². The molecule has 5 heteroatoms. The lowest BCUT2D eigenvalue weighted by atomic mass is 10.1. The molecule has 0 radical (unpaired) electrons. The van der Waals surface area contributed by atoms with Gasteiger partial charge in [0.25, 0.3) is 11.8 Å². The summed E-state index contributed by atoms with van der Waals surface area (Å²) in [5.41, 5.74) is 4.14. The van der Waals surface area contributed by atoms with E-state index in [9.17, 15) is 9.59 Å². The molecule has 1 aromatic heterocycles. The fourth-order valence-corrected chi connectivity index (χ4v) is 2.44. The van der Waals surface area contributed by atoms with Crippen molar-refractivity contribution < 1.29 is 9.59 Å². The topological polar surface area (TPSA) is 71.1 Å². The molecule has 2 amide bonds. The number of nitrogens with zero attached hydrogens (tertiary/aromatic N) is 1. The van der Waals surface area contributed by atoms with E-state index in [4.69, 9.17) is 0 Å². The van der Waals surface area contributed by atoms with Crippen LogP contribution in [-0.2, 0) is 0 Å². The fraction of sp³-hybridized carbons (Fsp3) is 0.0952. The van der Waals surface area contributed by atoms with Crippen LogP contribution in [0.5, 0.6) is 0 Å². The molecule has 0 saturated carbocycles. The Bertz CT molecular complexity index is 949. The van der Waals surface area contributed by atoms with Gasteiger partial charge in [-0.05, 0) is 43.7 Å². The molecule has 0 fully saturated rings. The number of amides is 2. The third-order valence-corrected chi connectivity index (χ3v) is 3.97. The number of nitrogens with one attached hydrogen (secondary N) is 2. The number of hydrogen-bond acceptors (Lipinski definition) is 3. The minimum Gasteiger partial charge on any atom is -0.322 e. The van der Waals surface area contributed by atoms with Crippen LogP contribution in [0.4, 0.5) is 11.4 Å². The molecule has 26 heavy (non-hydrogen) atoms. The van der Waals surface area contributed by atoms with E-state index in [2.05, 4.69) is 15.6 Å². The number of benzene rings is 2. The predicted molar refractivity (Wildman–Crippen MR) is 103 cm³/mol. The van der Waals surface area contributed by atoms with Gasteiger partial charge in [-0.2, -0.15) is 0 Å². The maximum absolute atomic E-state index is 12.5. The van der Waals surface area contributed by atoms with Crippen molar-refractivity contribution >= 4 is 23.2 Å². The maximum Gasteiger partial charge on any atom is 0.257 e. The second kappa shape index (κ2) is 7.61. The lowest BCUT2D eigenvalue weighted by Gasteiger charge is -2.09. The largest absolute Gasteiger partial charge is 0.322 e. The second-order valence-electron chi connectivity index (χ2n) is 6.05. The Hall–Kier alpha value is -3.47. The molecular formula is C21H19N3O2. The first-order valence-electron chi connectivity index (χ1n) is 8.23. The van der Waals surface area contributed by atoms with Crippen LogP contribution >= 0.6 is 0 Å². The van der Waals surface area contributed by atoms with Crippen molar-refractivity contribution in [1.29, 1.82) is 0 Å². The number of anilines is 2. The van der Waals surface area contributed by atoms with Gasteiger partial charge in [0.05, 0.1) is 11.1 Å². The number of carbonyl (C=O) groups is 2. The zero-order valence-corrected chi connectivity index (χ0v) is 14.6. The Morgan fingerprint density at radius 2 is 1.42 bits per heavy atom. The molecule has 0 bridgehead atoms. The summed E-state index contributed by atoms with van der Waals surface area (Å²) < 4.78 is 0. The van der Waals surface area contributed by atoms with E-state index in [1.54, 1.807) is 0 Å². The molecule has 5 nitrogen and oxygen atoms in total. The first-order chi connectivity index (χ1) is 12.5. The summed E-state index contributed by atoms with van der Waals surface area (Å²) in [6, 6.07) is 16.5. The van der Waals surface area contributed by atoms with E-state index >= 15 is 0 Å². The number of hydrogen-bond donors (Lipinski definition) is 2. The van der Waals surface area contributed by atoms with Gasteiger partial charge in [0.1, 0.15) is 0 Å². The molecule has 0 saturated heterocycles. The van der Waals surface area contributed by atoms with Crippen LogP contribution in [0.3, 0.4) is 0 Å². The summed E-state index contributed by atoms with van der Waals surface area (Å²) in [4.78, 5) is 28.9. The summed E-state index contributed by atoms with van der Waals surface area (Å²) >= 11 is 0. The molecule has 3 rings (SSSR count). The van der Waals surface area contributed by atoms with Crippen molar-refractivity contribution in [3.63, 3.8) is 0 Å². The number of pyridine rings is 1. The highest BCUT2D eigenvalue weighted by molar-refractivity contribution is 6.08. The van der Waals surface area contributed by atoms with Crippen LogP contribution in [-0.4, -0.2) is 16.8 Å². The molecule has 0 unspecified atom stereocenters. The van der Waals surface area contributed by atoms with Gasteiger partial charge in [0.15, 0.2) is 0 Å². The number of aryl methyl sites for hydroxylation is 2. The average molecular weight is 345 g/mol. The summed E-state index contributed by atoms with van der Waals surface area (Å²) in [5, 5.41) is 5.64. The molecule has 0 aliphatic heterocycles. The Labute approximate surface area is 152 Å². The zero-order chi connectivity index (χ0) is 18.5. The molecule has 2 N–H and O–H groups in total. The van der Waals surface area contributed by atoms with Gasteiger partial charge in [0, 0.05) is 23.8 Å². The van der Waals surface area contributed by atoms with Crippen LogP contribution in [0.1, 0.15) is 31.8 Å². The minimum atomic E-state index is -0.313. The first-order valence-corrected chi connectivity index (χ1v) is 8.23. The summed E-state index contributed by atoms with van der Waals surface area (Å²) in [6.07, 6.45) is 2.88. The van der Waals surface area contributed by atoms with Crippen molar-refractivity contribution in [2.45, 2.75) is 13.8 Å². The SMILES string of the molecule is Cc1ccc(NC(=O)c2cncc(C(=O)Nc3ccccc3C)c2)cc1. The standard InChI is InChI=1S/C21H19N3O2/c1-14-7-9-18(10-8-14)23-20(25)16-11-17(13-22-12-16)21(26)24-19-6-4-3-5-15(19)2/h3-13H,1-2H3,(H,23,25)(H,24,26). The maximum atomic E-state index is 12.5. The zero-order valence-electron chi connectivity index (χ0n) is 14.6. The van der Waals surface area contributed by atoms with Crippen LogP contribution in [0.15, 0.2) is 67.0 Å². The van der Waals surface area contributed by atoms with Gasteiger partial charge in [-0.15, -0.1) is 0 Å². The Kier molecular flexibility index (Phi) is 5.08. The van der Waals surface area contributed by atoms with E-state index in [-0.39, 0.29) is 11.8 Å². The molecule has 130 valence electrons. The highest BCUT2D eigenvalue weighted by Crippen LogP contribution is 2.15. The van der Waals surface area contributed by atoms with E-state index in [0.29, 0.717) is 16.8 Å². The normalized spacial score (nSPS) is 10.2. The van der Waals surface area contributed by atoms with Crippen molar-refractivity contribution in [3.05, 3.63) is 89.2 Å². The van der Waals surface area contributed by atoms with Crippen LogP contribution < -0.4 is 10.6 Å². The molecule has 0 spiro atoms. The molecule has 3 aromatic rings. The average Bonchev–Trinajstić information content (AvgIpc) is 2.65. The van der Waals surface area contributed by atoms with Gasteiger partial charge in [-0.1, -0.05) is 35.9 Å². The fourth-order valence-electron chi connectivity index (χ4n) is 2.44. The highest BCUT2D eigenvalue weighted by atomic mass is 16.2. The first kappa shape index (κ1) is 17.4. The van der Waals surface area contributed by atoms with E-state index in [1.807, 2.05) is 62.4 Å². The van der Waals surface area contributed by atoms with Crippen LogP contribution in [0.2, 0.25) is 0 Å². The summed E-state index contributed by atoms with van der Waals surface area (Å²) in [6.45, 7) is 3.89. The second-order valence-corrected chi connectivity index (χ2v) is 6.05. The van der Waals surface area contributed by atoms with E-state index in [0.717, 1.165) is 16.8 Å². The number of para-hydroxylation sites is 1.